The van der Waals surface area contributed by atoms with Crippen molar-refractivity contribution in [2.24, 2.45) is 0 Å². The van der Waals surface area contributed by atoms with Crippen LogP contribution in [0.15, 0.2) is 24.3 Å². The van der Waals surface area contributed by atoms with E-state index < -0.39 is 0 Å². The molecule has 0 unspecified atom stereocenters. The van der Waals surface area contributed by atoms with Crippen LogP contribution in [0, 0.1) is 13.8 Å². The Morgan fingerprint density at radius 2 is 1.05 bits per heavy atom. The molecule has 2 nitrogen and oxygen atoms in total. The van der Waals surface area contributed by atoms with Crippen LogP contribution in [-0.2, 0) is 12.8 Å². The molecule has 0 radical (unpaired) electrons. The van der Waals surface area contributed by atoms with Crippen molar-refractivity contribution in [2.45, 2.75) is 40.5 Å². The molecule has 0 saturated heterocycles. The van der Waals surface area contributed by atoms with Crippen LogP contribution in [-0.4, -0.2) is 10.2 Å². The fraction of sp³-hybridized carbons (Fsp3) is 0.333. The lowest BCUT2D eigenvalue weighted by molar-refractivity contribution is 0.467. The van der Waals surface area contributed by atoms with Crippen molar-refractivity contribution >= 4 is 0 Å². The van der Waals surface area contributed by atoms with Gasteiger partial charge in [0.1, 0.15) is 11.5 Å². The maximum atomic E-state index is 10.3. The summed E-state index contributed by atoms with van der Waals surface area (Å²) in [6.07, 6.45) is 1.77. The second-order valence-electron chi connectivity index (χ2n) is 5.32. The molecule has 0 fully saturated rings. The number of rotatable bonds is 3. The van der Waals surface area contributed by atoms with Crippen molar-refractivity contribution < 1.29 is 10.2 Å². The normalized spacial score (nSPS) is 10.8. The Kier molecular flexibility index (Phi) is 4.03. The molecule has 0 aliphatic heterocycles. The first kappa shape index (κ1) is 14.4. The number of benzene rings is 2. The highest BCUT2D eigenvalue weighted by atomic mass is 16.3. The van der Waals surface area contributed by atoms with Crippen LogP contribution < -0.4 is 0 Å². The maximum Gasteiger partial charge on any atom is 0.124 e. The smallest absolute Gasteiger partial charge is 0.124 e. The van der Waals surface area contributed by atoms with Gasteiger partial charge < -0.3 is 10.2 Å². The Bertz CT molecular complexity index is 538. The van der Waals surface area contributed by atoms with E-state index in [0.717, 1.165) is 46.2 Å². The van der Waals surface area contributed by atoms with E-state index in [4.69, 9.17) is 0 Å². The molecule has 0 spiro atoms. The molecule has 0 aliphatic carbocycles. The Morgan fingerprint density at radius 1 is 0.700 bits per heavy atom. The standard InChI is InChI=1S/C18H22O2/c1-5-13-7-11(3)17(15(19)9-13)18-12(4)8-14(6-2)10-16(18)20/h7-10,19-20H,5-6H2,1-4H3. The van der Waals surface area contributed by atoms with Crippen LogP contribution >= 0.6 is 0 Å². The van der Waals surface area contributed by atoms with Gasteiger partial charge in [0.2, 0.25) is 0 Å². The van der Waals surface area contributed by atoms with E-state index in [1.807, 2.05) is 13.8 Å². The predicted molar refractivity (Wildman–Crippen MR) is 83.4 cm³/mol. The van der Waals surface area contributed by atoms with E-state index in [9.17, 15) is 10.2 Å². The Hall–Kier alpha value is -1.96. The van der Waals surface area contributed by atoms with Crippen molar-refractivity contribution in [3.05, 3.63) is 46.5 Å². The summed E-state index contributed by atoms with van der Waals surface area (Å²) in [5.41, 5.74) is 5.66. The molecule has 0 bridgehead atoms. The molecule has 20 heavy (non-hydrogen) atoms. The number of aromatic hydroxyl groups is 2. The van der Waals surface area contributed by atoms with Gasteiger partial charge in [-0.3, -0.25) is 0 Å². The molecule has 2 aromatic carbocycles. The van der Waals surface area contributed by atoms with Gasteiger partial charge in [-0.15, -0.1) is 0 Å². The van der Waals surface area contributed by atoms with Crippen molar-refractivity contribution in [2.75, 3.05) is 0 Å². The molecule has 106 valence electrons. The molecule has 2 heteroatoms. The second kappa shape index (κ2) is 5.58. The van der Waals surface area contributed by atoms with Gasteiger partial charge in [-0.1, -0.05) is 26.0 Å². The quantitative estimate of drug-likeness (QED) is 0.861. The van der Waals surface area contributed by atoms with E-state index in [1.54, 1.807) is 12.1 Å². The fourth-order valence-electron chi connectivity index (χ4n) is 2.74. The molecule has 2 aromatic rings. The van der Waals surface area contributed by atoms with E-state index in [-0.39, 0.29) is 11.5 Å². The molecule has 0 heterocycles. The molecule has 2 rings (SSSR count). The van der Waals surface area contributed by atoms with E-state index in [2.05, 4.69) is 26.0 Å². The first-order valence-corrected chi connectivity index (χ1v) is 7.13. The third-order valence-corrected chi connectivity index (χ3v) is 3.82. The van der Waals surface area contributed by atoms with Crippen LogP contribution in [0.25, 0.3) is 11.1 Å². The van der Waals surface area contributed by atoms with Crippen molar-refractivity contribution in [3.8, 4) is 22.6 Å². The highest BCUT2D eigenvalue weighted by Gasteiger charge is 2.16. The lowest BCUT2D eigenvalue weighted by Crippen LogP contribution is -1.93. The molecule has 0 aromatic heterocycles. The van der Waals surface area contributed by atoms with Crippen LogP contribution in [0.2, 0.25) is 0 Å². The van der Waals surface area contributed by atoms with Crippen LogP contribution in [0.5, 0.6) is 11.5 Å². The fourth-order valence-corrected chi connectivity index (χ4v) is 2.74. The average molecular weight is 270 g/mol. The lowest BCUT2D eigenvalue weighted by Gasteiger charge is -2.16. The number of phenols is 2. The summed E-state index contributed by atoms with van der Waals surface area (Å²) >= 11 is 0. The minimum absolute atomic E-state index is 0.240. The zero-order valence-corrected chi connectivity index (χ0v) is 12.6. The third kappa shape index (κ3) is 2.51. The summed E-state index contributed by atoms with van der Waals surface area (Å²) in [6.45, 7) is 8.07. The van der Waals surface area contributed by atoms with Gasteiger partial charge in [-0.05, 0) is 61.1 Å². The molecular formula is C18H22O2. The zero-order chi connectivity index (χ0) is 14.9. The first-order valence-electron chi connectivity index (χ1n) is 7.13. The summed E-state index contributed by atoms with van der Waals surface area (Å²) in [5.74, 6) is 0.481. The monoisotopic (exact) mass is 270 g/mol. The highest BCUT2D eigenvalue weighted by Crippen LogP contribution is 2.41. The van der Waals surface area contributed by atoms with Crippen LogP contribution in [0.1, 0.15) is 36.1 Å². The Balaban J connectivity index is 2.69. The van der Waals surface area contributed by atoms with Crippen LogP contribution in [0.4, 0.5) is 0 Å². The van der Waals surface area contributed by atoms with Gasteiger partial charge in [0.05, 0.1) is 0 Å². The summed E-state index contributed by atoms with van der Waals surface area (Å²) in [4.78, 5) is 0. The first-order chi connectivity index (χ1) is 9.47. The van der Waals surface area contributed by atoms with Gasteiger partial charge in [0.15, 0.2) is 0 Å². The third-order valence-electron chi connectivity index (χ3n) is 3.82. The largest absolute Gasteiger partial charge is 0.507 e. The van der Waals surface area contributed by atoms with E-state index >= 15 is 0 Å². The molecule has 0 aliphatic rings. The van der Waals surface area contributed by atoms with Crippen molar-refractivity contribution in [3.63, 3.8) is 0 Å². The van der Waals surface area contributed by atoms with E-state index in [1.165, 1.54) is 0 Å². The summed E-state index contributed by atoms with van der Waals surface area (Å²) in [5, 5.41) is 20.6. The maximum absolute atomic E-state index is 10.3. The van der Waals surface area contributed by atoms with Gasteiger partial charge in [0, 0.05) is 11.1 Å². The van der Waals surface area contributed by atoms with Gasteiger partial charge in [-0.25, -0.2) is 0 Å². The number of aryl methyl sites for hydroxylation is 4. The Morgan fingerprint density at radius 3 is 1.30 bits per heavy atom. The SMILES string of the molecule is CCc1cc(C)c(-c2c(C)cc(CC)cc2O)c(O)c1. The van der Waals surface area contributed by atoms with Gasteiger partial charge >= 0.3 is 0 Å². The number of phenolic OH excluding ortho intramolecular Hbond substituents is 2. The van der Waals surface area contributed by atoms with Crippen LogP contribution in [0.3, 0.4) is 0 Å². The number of hydrogen-bond donors (Lipinski definition) is 2. The average Bonchev–Trinajstić information content (AvgIpc) is 2.40. The lowest BCUT2D eigenvalue weighted by atomic mass is 9.91. The predicted octanol–water partition coefficient (Wildman–Crippen LogP) is 4.51. The molecule has 2 N–H and O–H groups in total. The zero-order valence-electron chi connectivity index (χ0n) is 12.6. The van der Waals surface area contributed by atoms with Crippen molar-refractivity contribution in [1.29, 1.82) is 0 Å². The minimum Gasteiger partial charge on any atom is -0.507 e. The molecule has 0 atom stereocenters. The number of hydrogen-bond acceptors (Lipinski definition) is 2. The highest BCUT2D eigenvalue weighted by molar-refractivity contribution is 5.81. The summed E-state index contributed by atoms with van der Waals surface area (Å²) < 4.78 is 0. The molecule has 0 amide bonds. The molecular weight excluding hydrogens is 248 g/mol. The van der Waals surface area contributed by atoms with Gasteiger partial charge in [-0.2, -0.15) is 0 Å². The minimum atomic E-state index is 0.240. The summed E-state index contributed by atoms with van der Waals surface area (Å²) in [6, 6.07) is 7.72. The molecule has 0 saturated carbocycles. The topological polar surface area (TPSA) is 40.5 Å². The van der Waals surface area contributed by atoms with E-state index in [0.29, 0.717) is 0 Å². The summed E-state index contributed by atoms with van der Waals surface area (Å²) in [7, 11) is 0. The van der Waals surface area contributed by atoms with Gasteiger partial charge in [0.25, 0.3) is 0 Å². The Labute approximate surface area is 120 Å². The second-order valence-corrected chi connectivity index (χ2v) is 5.32. The van der Waals surface area contributed by atoms with Crippen molar-refractivity contribution in [1.82, 2.24) is 0 Å².